The largest absolute Gasteiger partial charge is 0.395 e. The smallest absolute Gasteiger partial charge is 0.266 e. The van der Waals surface area contributed by atoms with E-state index in [1.807, 2.05) is 18.2 Å². The fourth-order valence-electron chi connectivity index (χ4n) is 1.53. The Morgan fingerprint density at radius 2 is 2.17 bits per heavy atom. The first-order valence-corrected chi connectivity index (χ1v) is 6.84. The molecule has 0 unspecified atom stereocenters. The summed E-state index contributed by atoms with van der Waals surface area (Å²) in [5, 5.41) is 9.47. The summed E-state index contributed by atoms with van der Waals surface area (Å²) in [6.45, 7) is 0.121. The number of halogens is 1. The van der Waals surface area contributed by atoms with Crippen molar-refractivity contribution in [3.63, 3.8) is 0 Å². The molecule has 1 aromatic rings. The number of aliphatic hydroxyl groups is 1. The molecular formula is C12H10ClNO2S2. The van der Waals surface area contributed by atoms with E-state index in [9.17, 15) is 4.79 Å². The Kier molecular flexibility index (Phi) is 4.40. The van der Waals surface area contributed by atoms with Crippen molar-refractivity contribution in [3.05, 3.63) is 39.8 Å². The van der Waals surface area contributed by atoms with Gasteiger partial charge >= 0.3 is 0 Å². The lowest BCUT2D eigenvalue weighted by Crippen LogP contribution is -2.30. The summed E-state index contributed by atoms with van der Waals surface area (Å²) in [5.41, 5.74) is 0.781. The fourth-order valence-corrected chi connectivity index (χ4v) is 3.02. The van der Waals surface area contributed by atoms with Crippen LogP contribution in [0, 0.1) is 0 Å². The number of carbonyl (C=O) groups excluding carboxylic acids is 1. The lowest BCUT2D eigenvalue weighted by atomic mass is 10.2. The lowest BCUT2D eigenvalue weighted by molar-refractivity contribution is -0.122. The highest BCUT2D eigenvalue weighted by Gasteiger charge is 2.31. The number of carbonyl (C=O) groups is 1. The Bertz CT molecular complexity index is 531. The van der Waals surface area contributed by atoms with E-state index >= 15 is 0 Å². The normalized spacial score (nSPS) is 17.9. The second-order valence-corrected chi connectivity index (χ2v) is 5.66. The molecule has 3 nitrogen and oxygen atoms in total. The van der Waals surface area contributed by atoms with Gasteiger partial charge in [0.05, 0.1) is 18.1 Å². The number of hydrogen-bond acceptors (Lipinski definition) is 4. The highest BCUT2D eigenvalue weighted by molar-refractivity contribution is 8.26. The fraction of sp³-hybridized carbons (Fsp3) is 0.167. The van der Waals surface area contributed by atoms with Crippen LogP contribution >= 0.6 is 35.6 Å². The second-order valence-electron chi connectivity index (χ2n) is 3.58. The SMILES string of the molecule is O=C1/C(=C/c2ccccc2Cl)SC(=S)N1CCO. The van der Waals surface area contributed by atoms with Gasteiger partial charge in [0.2, 0.25) is 0 Å². The summed E-state index contributed by atoms with van der Waals surface area (Å²) >= 11 is 12.3. The summed E-state index contributed by atoms with van der Waals surface area (Å²) in [6.07, 6.45) is 1.72. The maximum absolute atomic E-state index is 12.0. The minimum absolute atomic E-state index is 0.105. The summed E-state index contributed by atoms with van der Waals surface area (Å²) < 4.78 is 0.465. The van der Waals surface area contributed by atoms with Gasteiger partial charge < -0.3 is 5.11 Å². The number of amides is 1. The molecule has 2 rings (SSSR count). The number of hydrogen-bond donors (Lipinski definition) is 1. The van der Waals surface area contributed by atoms with Crippen LogP contribution in [0.15, 0.2) is 29.2 Å². The molecule has 1 aliphatic rings. The Labute approximate surface area is 119 Å². The third kappa shape index (κ3) is 2.75. The van der Waals surface area contributed by atoms with Gasteiger partial charge in [-0.1, -0.05) is 53.8 Å². The summed E-state index contributed by atoms with van der Waals surface area (Å²) in [7, 11) is 0. The van der Waals surface area contributed by atoms with Gasteiger partial charge in [-0.15, -0.1) is 0 Å². The predicted molar refractivity (Wildman–Crippen MR) is 78.4 cm³/mol. The third-order valence-corrected chi connectivity index (χ3v) is 4.11. The first-order chi connectivity index (χ1) is 8.63. The zero-order valence-electron chi connectivity index (χ0n) is 9.30. The molecule has 0 spiro atoms. The van der Waals surface area contributed by atoms with E-state index in [1.54, 1.807) is 12.1 Å². The van der Waals surface area contributed by atoms with Gasteiger partial charge in [-0.2, -0.15) is 0 Å². The number of thioether (sulfide) groups is 1. The Hall–Kier alpha value is -0.880. The number of benzene rings is 1. The van der Waals surface area contributed by atoms with Crippen LogP contribution in [0.5, 0.6) is 0 Å². The van der Waals surface area contributed by atoms with E-state index in [4.69, 9.17) is 28.9 Å². The van der Waals surface area contributed by atoms with Crippen molar-refractivity contribution in [3.8, 4) is 0 Å². The average molecular weight is 300 g/mol. The van der Waals surface area contributed by atoms with Gasteiger partial charge in [0.1, 0.15) is 4.32 Å². The molecule has 94 valence electrons. The second kappa shape index (κ2) is 5.84. The summed E-state index contributed by atoms with van der Waals surface area (Å²) in [5.74, 6) is -0.182. The molecular weight excluding hydrogens is 290 g/mol. The average Bonchev–Trinajstić information content (AvgIpc) is 2.60. The molecule has 18 heavy (non-hydrogen) atoms. The van der Waals surface area contributed by atoms with Gasteiger partial charge in [0.25, 0.3) is 5.91 Å². The summed E-state index contributed by atoms with van der Waals surface area (Å²) in [6, 6.07) is 7.28. The molecule has 1 saturated heterocycles. The van der Waals surface area contributed by atoms with E-state index in [0.29, 0.717) is 14.2 Å². The van der Waals surface area contributed by atoms with Crippen LogP contribution in [0.3, 0.4) is 0 Å². The van der Waals surface area contributed by atoms with E-state index in [2.05, 4.69) is 0 Å². The standard InChI is InChI=1S/C12H10ClNO2S2/c13-9-4-2-1-3-8(9)7-10-11(16)14(5-6-15)12(17)18-10/h1-4,7,15H,5-6H2/b10-7-. The number of rotatable bonds is 3. The van der Waals surface area contributed by atoms with E-state index in [-0.39, 0.29) is 19.1 Å². The van der Waals surface area contributed by atoms with Crippen molar-refractivity contribution in [2.24, 2.45) is 0 Å². The van der Waals surface area contributed by atoms with Gasteiger partial charge in [0, 0.05) is 5.02 Å². The molecule has 0 atom stereocenters. The first-order valence-electron chi connectivity index (χ1n) is 5.24. The predicted octanol–water partition coefficient (Wildman–Crippen LogP) is 2.53. The Balaban J connectivity index is 2.28. The van der Waals surface area contributed by atoms with Crippen LogP contribution in [-0.4, -0.2) is 33.4 Å². The highest BCUT2D eigenvalue weighted by Crippen LogP contribution is 2.33. The van der Waals surface area contributed by atoms with Crippen LogP contribution in [0.25, 0.3) is 6.08 Å². The molecule has 6 heteroatoms. The number of aliphatic hydroxyl groups excluding tert-OH is 1. The molecule has 1 aromatic carbocycles. The molecule has 1 amide bonds. The van der Waals surface area contributed by atoms with Gasteiger partial charge in [-0.05, 0) is 17.7 Å². The van der Waals surface area contributed by atoms with E-state index in [1.165, 1.54) is 16.7 Å². The van der Waals surface area contributed by atoms with Crippen LogP contribution < -0.4 is 0 Å². The Morgan fingerprint density at radius 3 is 2.83 bits per heavy atom. The van der Waals surface area contributed by atoms with Crippen LogP contribution in [-0.2, 0) is 4.79 Å². The van der Waals surface area contributed by atoms with Crippen molar-refractivity contribution in [1.29, 1.82) is 0 Å². The van der Waals surface area contributed by atoms with E-state index in [0.717, 1.165) is 5.56 Å². The molecule has 1 fully saturated rings. The number of thiocarbonyl (C=S) groups is 1. The minimum atomic E-state index is -0.182. The monoisotopic (exact) mass is 299 g/mol. The van der Waals surface area contributed by atoms with Gasteiger partial charge in [-0.25, -0.2) is 0 Å². The van der Waals surface area contributed by atoms with Crippen LogP contribution in [0.4, 0.5) is 0 Å². The number of nitrogens with zero attached hydrogens (tertiary/aromatic N) is 1. The maximum atomic E-state index is 12.0. The van der Waals surface area contributed by atoms with Gasteiger partial charge in [-0.3, -0.25) is 9.69 Å². The lowest BCUT2D eigenvalue weighted by Gasteiger charge is -2.11. The third-order valence-electron chi connectivity index (χ3n) is 2.39. The Morgan fingerprint density at radius 1 is 1.44 bits per heavy atom. The van der Waals surface area contributed by atoms with Crippen LogP contribution in [0.1, 0.15) is 5.56 Å². The first kappa shape index (κ1) is 13.5. The highest BCUT2D eigenvalue weighted by atomic mass is 35.5. The van der Waals surface area contributed by atoms with Crippen molar-refractivity contribution in [2.45, 2.75) is 0 Å². The molecule has 0 bridgehead atoms. The maximum Gasteiger partial charge on any atom is 0.266 e. The zero-order chi connectivity index (χ0) is 13.1. The molecule has 1 aliphatic heterocycles. The molecule has 0 radical (unpaired) electrons. The zero-order valence-corrected chi connectivity index (χ0v) is 11.7. The van der Waals surface area contributed by atoms with Crippen molar-refractivity contribution >= 4 is 51.9 Å². The molecule has 0 aliphatic carbocycles. The van der Waals surface area contributed by atoms with Crippen LogP contribution in [0.2, 0.25) is 5.02 Å². The van der Waals surface area contributed by atoms with E-state index < -0.39 is 0 Å². The summed E-state index contributed by atoms with van der Waals surface area (Å²) in [4.78, 5) is 13.9. The van der Waals surface area contributed by atoms with Crippen molar-refractivity contribution in [2.75, 3.05) is 13.2 Å². The quantitative estimate of drug-likeness (QED) is 0.688. The van der Waals surface area contributed by atoms with Crippen molar-refractivity contribution in [1.82, 2.24) is 4.90 Å². The molecule has 0 aromatic heterocycles. The molecule has 1 heterocycles. The molecule has 0 saturated carbocycles. The molecule has 1 N–H and O–H groups in total. The van der Waals surface area contributed by atoms with Gasteiger partial charge in [0.15, 0.2) is 0 Å². The minimum Gasteiger partial charge on any atom is -0.395 e. The number of β-amino-alcohol motifs (C(OH)–C–C–N with tert-alkyl or cyclic N) is 1. The topological polar surface area (TPSA) is 40.5 Å². The van der Waals surface area contributed by atoms with Crippen molar-refractivity contribution < 1.29 is 9.90 Å².